The summed E-state index contributed by atoms with van der Waals surface area (Å²) in [4.78, 5) is 32.4. The molecule has 2 unspecified atom stereocenters. The van der Waals surface area contributed by atoms with Gasteiger partial charge in [-0.2, -0.15) is 65.9 Å². The maximum atomic E-state index is 14.0. The van der Waals surface area contributed by atoms with E-state index in [1.807, 2.05) is 0 Å². The normalized spacial score (nSPS) is 18.6. The molecule has 32 heavy (non-hydrogen) atoms. The molecule has 0 rings (SSSR count). The van der Waals surface area contributed by atoms with Crippen LogP contribution in [-0.4, -0.2) is 64.4 Å². The molecule has 3 nitrogen and oxygen atoms in total. The van der Waals surface area contributed by atoms with Crippen LogP contribution in [0.1, 0.15) is 0 Å². The van der Waals surface area contributed by atoms with Crippen molar-refractivity contribution in [1.29, 1.82) is 0 Å². The third-order valence-electron chi connectivity index (χ3n) is 3.43. The Labute approximate surface area is 166 Å². The standard InChI is InChI=1S/C11ClF17O3/c12-3(32)4(13,9(21,22)23)1(30)6(15,16)5(14,10(24,25)26)2(31)7(17,18)8(19,20)11(27,28)29. The first-order valence-corrected chi connectivity index (χ1v) is 6.89. The number of rotatable bonds is 7. The van der Waals surface area contributed by atoms with Crippen molar-refractivity contribution in [2.75, 3.05) is 0 Å². The van der Waals surface area contributed by atoms with Crippen LogP contribution in [0.3, 0.4) is 0 Å². The summed E-state index contributed by atoms with van der Waals surface area (Å²) in [6.07, 6.45) is -23.4. The Morgan fingerprint density at radius 1 is 0.469 bits per heavy atom. The second-order valence-electron chi connectivity index (χ2n) is 5.47. The summed E-state index contributed by atoms with van der Waals surface area (Å²) in [5.41, 5.74) is -15.5. The third-order valence-corrected chi connectivity index (χ3v) is 3.69. The van der Waals surface area contributed by atoms with Gasteiger partial charge in [0.25, 0.3) is 16.8 Å². The number of Topliss-reactive ketones (excluding diaryl/α,β-unsaturated/α-hetero) is 2. The molecule has 0 aliphatic carbocycles. The minimum Gasteiger partial charge on any atom is -0.288 e. The highest BCUT2D eigenvalue weighted by Gasteiger charge is 2.90. The molecule has 0 aromatic heterocycles. The lowest BCUT2D eigenvalue weighted by molar-refractivity contribution is -0.354. The van der Waals surface area contributed by atoms with Gasteiger partial charge in [-0.05, 0) is 11.6 Å². The molecule has 0 aliphatic rings. The van der Waals surface area contributed by atoms with Gasteiger partial charge in [0, 0.05) is 0 Å². The average Bonchev–Trinajstić information content (AvgIpc) is 2.54. The van der Waals surface area contributed by atoms with Crippen molar-refractivity contribution >= 4 is 28.4 Å². The van der Waals surface area contributed by atoms with Gasteiger partial charge in [0.05, 0.1) is 0 Å². The Bertz CT molecular complexity index is 793. The van der Waals surface area contributed by atoms with E-state index in [1.165, 1.54) is 0 Å². The van der Waals surface area contributed by atoms with Crippen LogP contribution < -0.4 is 0 Å². The van der Waals surface area contributed by atoms with Crippen molar-refractivity contribution in [3.63, 3.8) is 0 Å². The van der Waals surface area contributed by atoms with Crippen LogP contribution in [0.4, 0.5) is 74.6 Å². The maximum Gasteiger partial charge on any atom is 0.460 e. The first kappa shape index (κ1) is 30.1. The third kappa shape index (κ3) is 3.87. The summed E-state index contributed by atoms with van der Waals surface area (Å²) in [6, 6.07) is 0. The topological polar surface area (TPSA) is 51.2 Å². The molecule has 188 valence electrons. The van der Waals surface area contributed by atoms with Crippen molar-refractivity contribution in [1.82, 2.24) is 0 Å². The van der Waals surface area contributed by atoms with Gasteiger partial charge in [-0.25, -0.2) is 8.78 Å². The Morgan fingerprint density at radius 2 is 0.812 bits per heavy atom. The van der Waals surface area contributed by atoms with Gasteiger partial charge in [-0.3, -0.25) is 14.4 Å². The molecule has 0 amide bonds. The van der Waals surface area contributed by atoms with Crippen LogP contribution in [-0.2, 0) is 14.4 Å². The quantitative estimate of drug-likeness (QED) is 0.263. The van der Waals surface area contributed by atoms with Crippen molar-refractivity contribution < 1.29 is 89.0 Å². The van der Waals surface area contributed by atoms with Gasteiger partial charge in [-0.1, -0.05) is 0 Å². The molecule has 0 aliphatic heterocycles. The van der Waals surface area contributed by atoms with Gasteiger partial charge in [0.2, 0.25) is 0 Å². The molecule has 21 heteroatoms. The fraction of sp³-hybridized carbons (Fsp3) is 0.727. The minimum atomic E-state index is -8.37. The minimum absolute atomic E-state index is 3.84. The van der Waals surface area contributed by atoms with Gasteiger partial charge in [0.1, 0.15) is 0 Å². The molecule has 0 fully saturated rings. The van der Waals surface area contributed by atoms with E-state index >= 15 is 0 Å². The summed E-state index contributed by atoms with van der Waals surface area (Å²) in [5.74, 6) is -35.7. The molecule has 0 aromatic rings. The smallest absolute Gasteiger partial charge is 0.288 e. The van der Waals surface area contributed by atoms with Gasteiger partial charge in [0.15, 0.2) is 0 Å². The molecule has 0 radical (unpaired) electrons. The van der Waals surface area contributed by atoms with Gasteiger partial charge in [-0.15, -0.1) is 0 Å². The highest BCUT2D eigenvalue weighted by atomic mass is 35.5. The lowest BCUT2D eigenvalue weighted by Crippen LogP contribution is -2.74. The fourth-order valence-corrected chi connectivity index (χ4v) is 1.88. The highest BCUT2D eigenvalue weighted by Crippen LogP contribution is 2.56. The lowest BCUT2D eigenvalue weighted by Gasteiger charge is -2.38. The fourth-order valence-electron chi connectivity index (χ4n) is 1.69. The SMILES string of the molecule is O=C(Cl)C(F)(C(=O)C(F)(F)C(F)(C(=O)C(F)(F)C(F)(F)C(F)(F)F)C(F)(F)F)C(F)(F)F. The Kier molecular flexibility index (Phi) is 7.13. The lowest BCUT2D eigenvalue weighted by atomic mass is 9.80. The average molecular weight is 539 g/mol. The zero-order valence-corrected chi connectivity index (χ0v) is 14.3. The number of ketones is 2. The predicted molar refractivity (Wildman–Crippen MR) is 61.6 cm³/mol. The number of alkyl halides is 17. The van der Waals surface area contributed by atoms with Crippen LogP contribution in [0.15, 0.2) is 0 Å². The van der Waals surface area contributed by atoms with Crippen molar-refractivity contribution in [2.24, 2.45) is 0 Å². The van der Waals surface area contributed by atoms with Gasteiger partial charge < -0.3 is 0 Å². The van der Waals surface area contributed by atoms with Gasteiger partial charge >= 0.3 is 47.6 Å². The molecule has 0 aromatic carbocycles. The molecule has 0 N–H and O–H groups in total. The molecular formula is C11ClF17O3. The van der Waals surface area contributed by atoms with E-state index < -0.39 is 64.4 Å². The van der Waals surface area contributed by atoms with E-state index in [4.69, 9.17) is 0 Å². The summed E-state index contributed by atoms with van der Waals surface area (Å²) >= 11 is 3.84. The van der Waals surface area contributed by atoms with Crippen LogP contribution in [0.25, 0.3) is 0 Å². The zero-order chi connectivity index (χ0) is 26.7. The predicted octanol–water partition coefficient (Wildman–Crippen LogP) is 4.90. The van der Waals surface area contributed by atoms with E-state index in [2.05, 4.69) is 11.6 Å². The second kappa shape index (κ2) is 7.57. The molecule has 0 bridgehead atoms. The molecular weight excluding hydrogens is 539 g/mol. The Balaban J connectivity index is 7.27. The molecule has 0 spiro atoms. The largest absolute Gasteiger partial charge is 0.460 e. The van der Waals surface area contributed by atoms with Crippen LogP contribution >= 0.6 is 11.6 Å². The van der Waals surface area contributed by atoms with Crippen molar-refractivity contribution in [2.45, 2.75) is 47.6 Å². The molecule has 0 saturated carbocycles. The second-order valence-corrected chi connectivity index (χ2v) is 5.81. The highest BCUT2D eigenvalue weighted by molar-refractivity contribution is 6.68. The number of carbonyl (C=O) groups excluding carboxylic acids is 3. The van der Waals surface area contributed by atoms with E-state index in [0.29, 0.717) is 0 Å². The Morgan fingerprint density at radius 3 is 1.03 bits per heavy atom. The summed E-state index contributed by atoms with van der Waals surface area (Å²) in [6.45, 7) is 0. The van der Waals surface area contributed by atoms with Crippen LogP contribution in [0, 0.1) is 0 Å². The van der Waals surface area contributed by atoms with E-state index in [0.717, 1.165) is 0 Å². The number of hydrogen-bond donors (Lipinski definition) is 0. The summed E-state index contributed by atoms with van der Waals surface area (Å²) in [7, 11) is 0. The molecule has 0 heterocycles. The van der Waals surface area contributed by atoms with Crippen LogP contribution in [0.5, 0.6) is 0 Å². The first-order valence-electron chi connectivity index (χ1n) is 6.51. The molecule has 2 atom stereocenters. The Hall–Kier alpha value is -1.89. The number of halogens is 18. The van der Waals surface area contributed by atoms with Crippen LogP contribution in [0.2, 0.25) is 0 Å². The van der Waals surface area contributed by atoms with E-state index in [-0.39, 0.29) is 0 Å². The molecule has 0 saturated heterocycles. The summed E-state index contributed by atoms with van der Waals surface area (Å²) < 4.78 is 218. The monoisotopic (exact) mass is 538 g/mol. The van der Waals surface area contributed by atoms with Crippen molar-refractivity contribution in [3.8, 4) is 0 Å². The first-order chi connectivity index (χ1) is 13.5. The van der Waals surface area contributed by atoms with E-state index in [9.17, 15) is 89.0 Å². The van der Waals surface area contributed by atoms with Crippen molar-refractivity contribution in [3.05, 3.63) is 0 Å². The van der Waals surface area contributed by atoms with E-state index in [1.54, 1.807) is 0 Å². The number of carbonyl (C=O) groups is 3. The number of hydrogen-bond acceptors (Lipinski definition) is 3. The summed E-state index contributed by atoms with van der Waals surface area (Å²) in [5, 5.41) is -4.00. The maximum absolute atomic E-state index is 14.0. The zero-order valence-electron chi connectivity index (χ0n) is 13.5.